The molecule has 0 aromatic carbocycles. The van der Waals surface area contributed by atoms with Crippen molar-refractivity contribution in [2.75, 3.05) is 13.1 Å². The summed E-state index contributed by atoms with van der Waals surface area (Å²) in [6, 6.07) is 1.09. The van der Waals surface area contributed by atoms with Crippen molar-refractivity contribution in [3.63, 3.8) is 0 Å². The first-order valence-corrected chi connectivity index (χ1v) is 8.01. The highest BCUT2D eigenvalue weighted by atomic mass is 35.5. The van der Waals surface area contributed by atoms with Gasteiger partial charge in [-0.2, -0.15) is 5.10 Å². The summed E-state index contributed by atoms with van der Waals surface area (Å²) in [5, 5.41) is 8.98. The normalized spacial score (nSPS) is 24.6. The number of aromatic nitrogens is 2. The van der Waals surface area contributed by atoms with Gasteiger partial charge in [-0.25, -0.2) is 0 Å². The Hall–Kier alpha value is -0.580. The van der Waals surface area contributed by atoms with Crippen LogP contribution in [0.25, 0.3) is 0 Å². The van der Waals surface area contributed by atoms with E-state index in [-0.39, 0.29) is 0 Å². The summed E-state index contributed by atoms with van der Waals surface area (Å²) in [6.45, 7) is 14.8. The van der Waals surface area contributed by atoms with Crippen molar-refractivity contribution in [3.05, 3.63) is 16.4 Å². The Morgan fingerprint density at radius 3 is 2.75 bits per heavy atom. The van der Waals surface area contributed by atoms with Crippen LogP contribution in [0.2, 0.25) is 5.02 Å². The minimum absolute atomic E-state index is 0.529. The number of rotatable bonds is 4. The topological polar surface area (TPSA) is 33.1 Å². The van der Waals surface area contributed by atoms with E-state index in [2.05, 4.69) is 43.0 Å². The smallest absolute Gasteiger partial charge is 0.0860 e. The van der Waals surface area contributed by atoms with E-state index in [9.17, 15) is 0 Å². The molecular weight excluding hydrogens is 272 g/mol. The van der Waals surface area contributed by atoms with E-state index in [0.29, 0.717) is 18.0 Å². The molecule has 2 rings (SSSR count). The van der Waals surface area contributed by atoms with Crippen LogP contribution in [0.1, 0.15) is 39.1 Å². The second-order valence-corrected chi connectivity index (χ2v) is 6.58. The van der Waals surface area contributed by atoms with E-state index < -0.39 is 0 Å². The zero-order valence-corrected chi connectivity index (χ0v) is 14.0. The molecule has 1 saturated heterocycles. The van der Waals surface area contributed by atoms with Crippen molar-refractivity contribution in [1.82, 2.24) is 20.0 Å². The van der Waals surface area contributed by atoms with Gasteiger partial charge >= 0.3 is 0 Å². The minimum atomic E-state index is 0.529. The Balaban J connectivity index is 2.15. The molecule has 0 amide bonds. The summed E-state index contributed by atoms with van der Waals surface area (Å²) in [5.41, 5.74) is 2.09. The maximum absolute atomic E-state index is 6.43. The first-order chi connectivity index (χ1) is 9.43. The van der Waals surface area contributed by atoms with Crippen LogP contribution >= 0.6 is 11.6 Å². The molecule has 1 aromatic rings. The zero-order chi connectivity index (χ0) is 14.9. The number of nitrogens with one attached hydrogen (secondary N) is 1. The van der Waals surface area contributed by atoms with Crippen molar-refractivity contribution >= 4 is 11.6 Å². The summed E-state index contributed by atoms with van der Waals surface area (Å²) in [4.78, 5) is 2.52. The van der Waals surface area contributed by atoms with Crippen LogP contribution in [0.15, 0.2) is 0 Å². The highest BCUT2D eigenvalue weighted by Crippen LogP contribution is 2.24. The van der Waals surface area contributed by atoms with E-state index in [1.54, 1.807) is 0 Å². The molecule has 2 heterocycles. The first-order valence-electron chi connectivity index (χ1n) is 7.63. The van der Waals surface area contributed by atoms with Gasteiger partial charge in [-0.3, -0.25) is 9.58 Å². The van der Waals surface area contributed by atoms with Gasteiger partial charge in [0.05, 0.1) is 16.4 Å². The second kappa shape index (κ2) is 6.46. The lowest BCUT2D eigenvalue weighted by atomic mass is 9.99. The number of nitrogens with zero attached hydrogens (tertiary/aromatic N) is 3. The molecule has 0 spiro atoms. The molecule has 2 unspecified atom stereocenters. The molecule has 1 aliphatic rings. The van der Waals surface area contributed by atoms with Gasteiger partial charge in [0.1, 0.15) is 0 Å². The molecule has 0 radical (unpaired) electrons. The summed E-state index contributed by atoms with van der Waals surface area (Å²) < 4.78 is 2.04. The van der Waals surface area contributed by atoms with E-state index in [4.69, 9.17) is 11.6 Å². The van der Waals surface area contributed by atoms with Crippen LogP contribution in [-0.4, -0.2) is 39.9 Å². The van der Waals surface area contributed by atoms with Crippen LogP contribution < -0.4 is 5.32 Å². The summed E-state index contributed by atoms with van der Waals surface area (Å²) >= 11 is 6.43. The van der Waals surface area contributed by atoms with Gasteiger partial charge in [-0.15, -0.1) is 0 Å². The predicted octanol–water partition coefficient (Wildman–Crippen LogP) is 2.68. The first kappa shape index (κ1) is 15.8. The lowest BCUT2D eigenvalue weighted by Gasteiger charge is -2.40. The van der Waals surface area contributed by atoms with Crippen LogP contribution in [0.4, 0.5) is 0 Å². The lowest BCUT2D eigenvalue weighted by molar-refractivity contribution is 0.113. The van der Waals surface area contributed by atoms with Gasteiger partial charge in [0.2, 0.25) is 0 Å². The monoisotopic (exact) mass is 298 g/mol. The van der Waals surface area contributed by atoms with E-state index in [0.717, 1.165) is 42.6 Å². The van der Waals surface area contributed by atoms with Crippen molar-refractivity contribution < 1.29 is 0 Å². The molecule has 5 heteroatoms. The SMILES string of the molecule is CCn1nc(C)c(Cl)c1CN1CC(C(C)C)NCC1C. The average Bonchev–Trinajstić information content (AvgIpc) is 2.68. The van der Waals surface area contributed by atoms with Gasteiger partial charge in [0, 0.05) is 38.3 Å². The summed E-state index contributed by atoms with van der Waals surface area (Å²) in [5.74, 6) is 0.651. The Morgan fingerprint density at radius 2 is 2.15 bits per heavy atom. The third kappa shape index (κ3) is 3.18. The van der Waals surface area contributed by atoms with Crippen molar-refractivity contribution in [2.24, 2.45) is 5.92 Å². The molecule has 0 saturated carbocycles. The van der Waals surface area contributed by atoms with Gasteiger partial charge in [0.15, 0.2) is 0 Å². The fraction of sp³-hybridized carbons (Fsp3) is 0.800. The molecule has 2 atom stereocenters. The number of hydrogen-bond donors (Lipinski definition) is 1. The molecule has 20 heavy (non-hydrogen) atoms. The van der Waals surface area contributed by atoms with Gasteiger partial charge in [0.25, 0.3) is 0 Å². The largest absolute Gasteiger partial charge is 0.311 e. The molecule has 1 aliphatic heterocycles. The number of halogens is 1. The number of aryl methyl sites for hydroxylation is 2. The number of piperazine rings is 1. The summed E-state index contributed by atoms with van der Waals surface area (Å²) in [7, 11) is 0. The molecule has 1 aromatic heterocycles. The van der Waals surface area contributed by atoms with Crippen molar-refractivity contribution in [1.29, 1.82) is 0 Å². The fourth-order valence-corrected chi connectivity index (χ4v) is 3.02. The predicted molar refractivity (Wildman–Crippen MR) is 84.1 cm³/mol. The molecule has 1 fully saturated rings. The Kier molecular flexibility index (Phi) is 5.10. The summed E-state index contributed by atoms with van der Waals surface area (Å²) in [6.07, 6.45) is 0. The van der Waals surface area contributed by atoms with Crippen LogP contribution in [0.3, 0.4) is 0 Å². The quantitative estimate of drug-likeness (QED) is 0.928. The van der Waals surface area contributed by atoms with Crippen molar-refractivity contribution in [2.45, 2.75) is 59.8 Å². The Labute approximate surface area is 127 Å². The van der Waals surface area contributed by atoms with E-state index in [1.165, 1.54) is 0 Å². The molecule has 114 valence electrons. The van der Waals surface area contributed by atoms with Crippen LogP contribution in [0.5, 0.6) is 0 Å². The third-order valence-electron chi connectivity index (χ3n) is 4.34. The van der Waals surface area contributed by atoms with Crippen molar-refractivity contribution in [3.8, 4) is 0 Å². The molecule has 4 nitrogen and oxygen atoms in total. The lowest BCUT2D eigenvalue weighted by Crippen LogP contribution is -2.56. The Morgan fingerprint density at radius 1 is 1.45 bits per heavy atom. The van der Waals surface area contributed by atoms with E-state index in [1.807, 2.05) is 11.6 Å². The highest BCUT2D eigenvalue weighted by Gasteiger charge is 2.28. The van der Waals surface area contributed by atoms with Gasteiger partial charge < -0.3 is 5.32 Å². The zero-order valence-electron chi connectivity index (χ0n) is 13.3. The Bertz CT molecular complexity index is 455. The minimum Gasteiger partial charge on any atom is -0.311 e. The van der Waals surface area contributed by atoms with Crippen LogP contribution in [0, 0.1) is 12.8 Å². The van der Waals surface area contributed by atoms with E-state index >= 15 is 0 Å². The fourth-order valence-electron chi connectivity index (χ4n) is 2.83. The maximum Gasteiger partial charge on any atom is 0.0860 e. The van der Waals surface area contributed by atoms with Gasteiger partial charge in [-0.05, 0) is 26.7 Å². The average molecular weight is 299 g/mol. The highest BCUT2D eigenvalue weighted by molar-refractivity contribution is 6.31. The third-order valence-corrected chi connectivity index (χ3v) is 4.83. The molecular formula is C15H27ClN4. The molecule has 0 aliphatic carbocycles. The molecule has 0 bridgehead atoms. The standard InChI is InChI=1S/C15H27ClN4/c1-6-20-14(15(16)12(5)18-20)9-19-8-13(10(2)3)17-7-11(19)4/h10-11,13,17H,6-9H2,1-5H3. The second-order valence-electron chi connectivity index (χ2n) is 6.20. The maximum atomic E-state index is 6.43. The molecule has 1 N–H and O–H groups in total. The van der Waals surface area contributed by atoms with Crippen LogP contribution in [-0.2, 0) is 13.1 Å². The number of hydrogen-bond acceptors (Lipinski definition) is 3. The van der Waals surface area contributed by atoms with Gasteiger partial charge in [-0.1, -0.05) is 25.4 Å².